The SMILES string of the molecule is Cc1cc(Cl)cc(C(=O)NCC(=O)N2CCNCC2)c1. The van der Waals surface area contributed by atoms with E-state index in [-0.39, 0.29) is 18.4 Å². The first-order chi connectivity index (χ1) is 9.56. The lowest BCUT2D eigenvalue weighted by atomic mass is 10.1. The number of rotatable bonds is 3. The predicted molar refractivity (Wildman–Crippen MR) is 78.0 cm³/mol. The molecule has 2 N–H and O–H groups in total. The number of nitrogens with zero attached hydrogens (tertiary/aromatic N) is 1. The molecule has 0 unspecified atom stereocenters. The van der Waals surface area contributed by atoms with Gasteiger partial charge in [0.05, 0.1) is 6.54 Å². The van der Waals surface area contributed by atoms with Crippen molar-refractivity contribution >= 4 is 23.4 Å². The zero-order chi connectivity index (χ0) is 14.5. The quantitative estimate of drug-likeness (QED) is 0.867. The molecule has 0 saturated carbocycles. The lowest BCUT2D eigenvalue weighted by Gasteiger charge is -2.27. The molecule has 0 spiro atoms. The highest BCUT2D eigenvalue weighted by atomic mass is 35.5. The van der Waals surface area contributed by atoms with Crippen molar-refractivity contribution in [1.82, 2.24) is 15.5 Å². The third-order valence-electron chi connectivity index (χ3n) is 3.17. The van der Waals surface area contributed by atoms with Gasteiger partial charge in [-0.15, -0.1) is 0 Å². The minimum atomic E-state index is -0.279. The molecule has 1 saturated heterocycles. The maximum Gasteiger partial charge on any atom is 0.251 e. The van der Waals surface area contributed by atoms with Gasteiger partial charge in [0, 0.05) is 36.8 Å². The maximum atomic E-state index is 12.0. The van der Waals surface area contributed by atoms with Crippen molar-refractivity contribution < 1.29 is 9.59 Å². The number of benzene rings is 1. The van der Waals surface area contributed by atoms with E-state index in [1.165, 1.54) is 0 Å². The van der Waals surface area contributed by atoms with Gasteiger partial charge in [-0.25, -0.2) is 0 Å². The van der Waals surface area contributed by atoms with E-state index >= 15 is 0 Å². The van der Waals surface area contributed by atoms with E-state index in [0.717, 1.165) is 18.7 Å². The molecule has 1 aliphatic rings. The van der Waals surface area contributed by atoms with Crippen LogP contribution in [0.15, 0.2) is 18.2 Å². The van der Waals surface area contributed by atoms with Gasteiger partial charge in [-0.2, -0.15) is 0 Å². The summed E-state index contributed by atoms with van der Waals surface area (Å²) in [5, 5.41) is 6.34. The average molecular weight is 296 g/mol. The number of carbonyl (C=O) groups excluding carboxylic acids is 2. The first kappa shape index (κ1) is 14.8. The summed E-state index contributed by atoms with van der Waals surface area (Å²) >= 11 is 5.92. The maximum absolute atomic E-state index is 12.0. The Bertz CT molecular complexity index is 493. The molecule has 1 aromatic carbocycles. The van der Waals surface area contributed by atoms with E-state index < -0.39 is 0 Å². The van der Waals surface area contributed by atoms with E-state index in [2.05, 4.69) is 10.6 Å². The molecule has 108 valence electrons. The minimum Gasteiger partial charge on any atom is -0.343 e. The zero-order valence-corrected chi connectivity index (χ0v) is 12.2. The molecule has 1 aliphatic heterocycles. The Balaban J connectivity index is 1.89. The molecule has 6 heteroatoms. The fraction of sp³-hybridized carbons (Fsp3) is 0.429. The van der Waals surface area contributed by atoms with Crippen LogP contribution in [-0.2, 0) is 4.79 Å². The largest absolute Gasteiger partial charge is 0.343 e. The fourth-order valence-corrected chi connectivity index (χ4v) is 2.44. The van der Waals surface area contributed by atoms with Crippen LogP contribution in [-0.4, -0.2) is 49.4 Å². The number of piperazine rings is 1. The second kappa shape index (κ2) is 6.72. The van der Waals surface area contributed by atoms with Crippen LogP contribution in [0.5, 0.6) is 0 Å². The van der Waals surface area contributed by atoms with Gasteiger partial charge < -0.3 is 15.5 Å². The standard InChI is InChI=1S/C14H18ClN3O2/c1-10-6-11(8-12(15)7-10)14(20)17-9-13(19)18-4-2-16-3-5-18/h6-8,16H,2-5,9H2,1H3,(H,17,20). The number of hydrogen-bond donors (Lipinski definition) is 2. The molecule has 0 aromatic heterocycles. The lowest BCUT2D eigenvalue weighted by molar-refractivity contribution is -0.130. The van der Waals surface area contributed by atoms with Crippen molar-refractivity contribution in [2.45, 2.75) is 6.92 Å². The van der Waals surface area contributed by atoms with Gasteiger partial charge in [0.15, 0.2) is 0 Å². The fourth-order valence-electron chi connectivity index (χ4n) is 2.15. The van der Waals surface area contributed by atoms with Crippen LogP contribution in [0.1, 0.15) is 15.9 Å². The second-order valence-electron chi connectivity index (χ2n) is 4.83. The van der Waals surface area contributed by atoms with Gasteiger partial charge in [0.2, 0.25) is 5.91 Å². The van der Waals surface area contributed by atoms with Crippen molar-refractivity contribution in [2.75, 3.05) is 32.7 Å². The van der Waals surface area contributed by atoms with Gasteiger partial charge in [0.25, 0.3) is 5.91 Å². The Hall–Kier alpha value is -1.59. The summed E-state index contributed by atoms with van der Waals surface area (Å²) in [7, 11) is 0. The molecule has 0 aliphatic carbocycles. The summed E-state index contributed by atoms with van der Waals surface area (Å²) in [4.78, 5) is 25.7. The van der Waals surface area contributed by atoms with E-state index in [1.807, 2.05) is 6.92 Å². The van der Waals surface area contributed by atoms with Crippen molar-refractivity contribution in [3.63, 3.8) is 0 Å². The molecule has 0 radical (unpaired) electrons. The highest BCUT2D eigenvalue weighted by molar-refractivity contribution is 6.31. The minimum absolute atomic E-state index is 0.0182. The number of nitrogens with one attached hydrogen (secondary N) is 2. The van der Waals surface area contributed by atoms with Crippen LogP contribution >= 0.6 is 11.6 Å². The molecular weight excluding hydrogens is 278 g/mol. The third kappa shape index (κ3) is 3.95. The van der Waals surface area contributed by atoms with Gasteiger partial charge in [-0.05, 0) is 30.7 Å². The van der Waals surface area contributed by atoms with Crippen molar-refractivity contribution in [3.05, 3.63) is 34.3 Å². The molecule has 5 nitrogen and oxygen atoms in total. The second-order valence-corrected chi connectivity index (χ2v) is 5.27. The zero-order valence-electron chi connectivity index (χ0n) is 11.4. The Morgan fingerprint density at radius 2 is 2.00 bits per heavy atom. The van der Waals surface area contributed by atoms with Crippen LogP contribution in [0.25, 0.3) is 0 Å². The summed E-state index contributed by atoms with van der Waals surface area (Å²) in [6, 6.07) is 5.12. The molecule has 1 heterocycles. The smallest absolute Gasteiger partial charge is 0.251 e. The topological polar surface area (TPSA) is 61.4 Å². The number of halogens is 1. The van der Waals surface area contributed by atoms with Crippen molar-refractivity contribution in [1.29, 1.82) is 0 Å². The summed E-state index contributed by atoms with van der Waals surface area (Å²) in [5.41, 5.74) is 1.39. The summed E-state index contributed by atoms with van der Waals surface area (Å²) in [6.45, 7) is 4.86. The molecule has 0 atom stereocenters. The monoisotopic (exact) mass is 295 g/mol. The Labute approximate surface area is 123 Å². The molecule has 0 bridgehead atoms. The molecule has 2 rings (SSSR count). The molecular formula is C14H18ClN3O2. The van der Waals surface area contributed by atoms with Gasteiger partial charge in [0.1, 0.15) is 0 Å². The Morgan fingerprint density at radius 1 is 1.30 bits per heavy atom. The molecule has 1 aromatic rings. The average Bonchev–Trinajstić information content (AvgIpc) is 2.44. The van der Waals surface area contributed by atoms with Crippen LogP contribution in [0, 0.1) is 6.92 Å². The van der Waals surface area contributed by atoms with Crippen LogP contribution in [0.3, 0.4) is 0 Å². The lowest BCUT2D eigenvalue weighted by Crippen LogP contribution is -2.49. The number of amides is 2. The Morgan fingerprint density at radius 3 is 2.65 bits per heavy atom. The van der Waals surface area contributed by atoms with E-state index in [4.69, 9.17) is 11.6 Å². The van der Waals surface area contributed by atoms with E-state index in [0.29, 0.717) is 23.7 Å². The van der Waals surface area contributed by atoms with Crippen LogP contribution < -0.4 is 10.6 Å². The molecule has 1 fully saturated rings. The van der Waals surface area contributed by atoms with E-state index in [1.54, 1.807) is 23.1 Å². The third-order valence-corrected chi connectivity index (χ3v) is 3.39. The van der Waals surface area contributed by atoms with Gasteiger partial charge >= 0.3 is 0 Å². The summed E-state index contributed by atoms with van der Waals surface area (Å²) < 4.78 is 0. The number of hydrogen-bond acceptors (Lipinski definition) is 3. The number of carbonyl (C=O) groups is 2. The molecule has 20 heavy (non-hydrogen) atoms. The van der Waals surface area contributed by atoms with Crippen molar-refractivity contribution in [2.24, 2.45) is 0 Å². The predicted octanol–water partition coefficient (Wildman–Crippen LogP) is 0.810. The summed E-state index contributed by atoms with van der Waals surface area (Å²) in [5.74, 6) is -0.335. The first-order valence-corrected chi connectivity index (χ1v) is 6.98. The highest BCUT2D eigenvalue weighted by Crippen LogP contribution is 2.14. The number of aryl methyl sites for hydroxylation is 1. The normalized spacial score (nSPS) is 15.0. The molecule has 2 amide bonds. The van der Waals surface area contributed by atoms with Gasteiger partial charge in [-0.1, -0.05) is 11.6 Å². The van der Waals surface area contributed by atoms with E-state index in [9.17, 15) is 9.59 Å². The van der Waals surface area contributed by atoms with Gasteiger partial charge in [-0.3, -0.25) is 9.59 Å². The Kier molecular flexibility index (Phi) is 4.98. The first-order valence-electron chi connectivity index (χ1n) is 6.60. The van der Waals surface area contributed by atoms with Crippen LogP contribution in [0.2, 0.25) is 5.02 Å². The van der Waals surface area contributed by atoms with Crippen molar-refractivity contribution in [3.8, 4) is 0 Å². The highest BCUT2D eigenvalue weighted by Gasteiger charge is 2.17. The van der Waals surface area contributed by atoms with Crippen LogP contribution in [0.4, 0.5) is 0 Å². The summed E-state index contributed by atoms with van der Waals surface area (Å²) in [6.07, 6.45) is 0.